The van der Waals surface area contributed by atoms with Crippen LogP contribution in [0.1, 0.15) is 70.8 Å². The molecule has 0 saturated carbocycles. The van der Waals surface area contributed by atoms with Crippen molar-refractivity contribution in [2.24, 2.45) is 0 Å². The molecule has 0 amide bonds. The molecular weight excluding hydrogens is 1050 g/mol. The van der Waals surface area contributed by atoms with Crippen molar-refractivity contribution in [2.75, 3.05) is 9.80 Å². The monoisotopic (exact) mass is 1100 g/mol. The Labute approximate surface area is 509 Å². The molecule has 6 aliphatic rings. The molecule has 0 unspecified atom stereocenters. The van der Waals surface area contributed by atoms with Crippen LogP contribution in [0.25, 0.3) is 66.8 Å². The molecule has 3 heteroatoms. The van der Waals surface area contributed by atoms with E-state index in [2.05, 4.69) is 322 Å². The van der Waals surface area contributed by atoms with Crippen LogP contribution >= 0.6 is 0 Å². The highest BCUT2D eigenvalue weighted by molar-refractivity contribution is 7.00. The maximum absolute atomic E-state index is 2.64. The molecule has 2 aliphatic heterocycles. The van der Waals surface area contributed by atoms with Crippen molar-refractivity contribution in [3.8, 4) is 66.8 Å². The molecule has 87 heavy (non-hydrogen) atoms. The second-order valence-corrected chi connectivity index (χ2v) is 25.8. The molecule has 2 nitrogen and oxygen atoms in total. The van der Waals surface area contributed by atoms with Gasteiger partial charge in [-0.25, -0.2) is 0 Å². The third-order valence-corrected chi connectivity index (χ3v) is 20.6. The van der Waals surface area contributed by atoms with Gasteiger partial charge >= 0.3 is 0 Å². The molecule has 4 aliphatic carbocycles. The van der Waals surface area contributed by atoms with Gasteiger partial charge in [0.25, 0.3) is 6.71 Å². The molecule has 13 aromatic carbocycles. The minimum Gasteiger partial charge on any atom is -0.311 e. The van der Waals surface area contributed by atoms with E-state index in [9.17, 15) is 0 Å². The van der Waals surface area contributed by atoms with Crippen LogP contribution in [0.3, 0.4) is 0 Å². The van der Waals surface area contributed by atoms with Crippen LogP contribution in [0, 0.1) is 0 Å². The lowest BCUT2D eigenvalue weighted by molar-refractivity contribution is 0.590. The van der Waals surface area contributed by atoms with Crippen LogP contribution in [0.2, 0.25) is 0 Å². The summed E-state index contributed by atoms with van der Waals surface area (Å²) in [7, 11) is 0. The zero-order valence-electron chi connectivity index (χ0n) is 48.7. The van der Waals surface area contributed by atoms with Crippen LogP contribution in [0.15, 0.2) is 291 Å². The fourth-order valence-electron chi connectivity index (χ4n) is 17.1. The van der Waals surface area contributed by atoms with E-state index >= 15 is 0 Å². The van der Waals surface area contributed by atoms with E-state index in [1.165, 1.54) is 156 Å². The van der Waals surface area contributed by atoms with Gasteiger partial charge in [0.2, 0.25) is 0 Å². The Bertz CT molecular complexity index is 4720. The second-order valence-electron chi connectivity index (χ2n) is 25.8. The molecule has 0 aromatic heterocycles. The summed E-state index contributed by atoms with van der Waals surface area (Å²) in [4.78, 5) is 5.28. The van der Waals surface area contributed by atoms with Gasteiger partial charge < -0.3 is 9.80 Å². The Morgan fingerprint density at radius 3 is 0.920 bits per heavy atom. The van der Waals surface area contributed by atoms with Crippen LogP contribution in [-0.2, 0) is 16.2 Å². The summed E-state index contributed by atoms with van der Waals surface area (Å²) in [6, 6.07) is 112. The molecule has 2 heterocycles. The predicted octanol–water partition coefficient (Wildman–Crippen LogP) is 19.1. The molecule has 19 rings (SSSR count). The topological polar surface area (TPSA) is 6.48 Å². The van der Waals surface area contributed by atoms with Crippen LogP contribution in [-0.4, -0.2) is 6.71 Å². The number of benzene rings is 13. The maximum atomic E-state index is 2.64. The van der Waals surface area contributed by atoms with Crippen molar-refractivity contribution in [1.29, 1.82) is 0 Å². The van der Waals surface area contributed by atoms with Gasteiger partial charge in [-0.05, 0) is 187 Å². The number of fused-ring (bicyclic) bond motifs is 24. The smallest absolute Gasteiger partial charge is 0.252 e. The Morgan fingerprint density at radius 2 is 0.575 bits per heavy atom. The Morgan fingerprint density at radius 1 is 0.264 bits per heavy atom. The Kier molecular flexibility index (Phi) is 9.86. The molecule has 0 radical (unpaired) electrons. The van der Waals surface area contributed by atoms with E-state index in [0.29, 0.717) is 0 Å². The van der Waals surface area contributed by atoms with Gasteiger partial charge in [-0.2, -0.15) is 0 Å². The number of nitrogens with zero attached hydrogens (tertiary/aromatic N) is 2. The highest BCUT2D eigenvalue weighted by Crippen LogP contribution is 2.65. The first-order valence-electron chi connectivity index (χ1n) is 30.8. The van der Waals surface area contributed by atoms with Gasteiger partial charge in [-0.1, -0.05) is 263 Å². The fourth-order valence-corrected chi connectivity index (χ4v) is 17.1. The number of rotatable bonds is 4. The quantitative estimate of drug-likeness (QED) is 0.162. The first kappa shape index (κ1) is 48.9. The van der Waals surface area contributed by atoms with Gasteiger partial charge in [0.1, 0.15) is 0 Å². The maximum Gasteiger partial charge on any atom is 0.252 e. The van der Waals surface area contributed by atoms with Crippen molar-refractivity contribution in [1.82, 2.24) is 0 Å². The molecule has 13 aromatic rings. The minimum atomic E-state index is -0.445. The van der Waals surface area contributed by atoms with E-state index in [1.807, 2.05) is 0 Å². The summed E-state index contributed by atoms with van der Waals surface area (Å²) in [6.45, 7) is 7.03. The fraction of sp³-hybridized carbons (Fsp3) is 0.0714. The van der Waals surface area contributed by atoms with Gasteiger partial charge in [-0.3, -0.25) is 0 Å². The lowest BCUT2D eigenvalue weighted by Crippen LogP contribution is -2.61. The summed E-state index contributed by atoms with van der Waals surface area (Å²) in [5, 5.41) is 0. The molecule has 0 fully saturated rings. The van der Waals surface area contributed by atoms with Gasteiger partial charge in [0, 0.05) is 34.1 Å². The largest absolute Gasteiger partial charge is 0.311 e. The zero-order valence-corrected chi connectivity index (χ0v) is 48.7. The lowest BCUT2D eigenvalue weighted by Gasteiger charge is -2.45. The van der Waals surface area contributed by atoms with Crippen molar-refractivity contribution in [2.45, 2.75) is 37.0 Å². The Balaban J connectivity index is 0.890. The second kappa shape index (κ2) is 17.6. The minimum absolute atomic E-state index is 0.108. The first-order chi connectivity index (χ1) is 42.8. The molecule has 406 valence electrons. The van der Waals surface area contributed by atoms with E-state index in [-0.39, 0.29) is 12.1 Å². The van der Waals surface area contributed by atoms with Crippen molar-refractivity contribution in [3.05, 3.63) is 341 Å². The highest BCUT2D eigenvalue weighted by Gasteiger charge is 2.54. The number of hydrogen-bond donors (Lipinski definition) is 0. The van der Waals surface area contributed by atoms with E-state index in [4.69, 9.17) is 0 Å². The molecular formula is C84H57BN2. The highest BCUT2D eigenvalue weighted by atomic mass is 15.2. The standard InChI is InChI=1S/C84H57BN2/c1-82(2,3)56-48-79-81-80(49-56)87(58-41-43-74-66(51-58)64-31-15-21-37-72(64)84(74)69-34-18-12-28-61(69)62-29-13-19-35-70(62)84)78-45-39-55(53-24-8-5-9-25-53)47-76(78)85(81)75-46-54(52-22-6-4-7-23-52)38-44-77(75)86(79)57-40-42-73-65(50-57)63-30-14-20-36-71(63)83(73)67-32-16-10-26-59(67)60-27-11-17-33-68(60)83/h4-51H,1-3H3. The SMILES string of the molecule is CC(C)(C)c1cc2c3c(c1)N(c1ccc4c(c1)-c1ccccc1C41c4ccccc4-c4ccccc41)c1ccc(-c4ccccc4)cc1B3c1cc(-c3ccccc3)ccc1N2c1ccc2c(c1)-c1ccccc1C21c2ccccc2-c2ccccc21. The summed E-state index contributed by atoms with van der Waals surface area (Å²) in [5.41, 5.74) is 37.2. The Hall–Kier alpha value is -10.5. The van der Waals surface area contributed by atoms with Crippen molar-refractivity contribution in [3.63, 3.8) is 0 Å². The van der Waals surface area contributed by atoms with E-state index in [0.717, 1.165) is 11.4 Å². The molecule has 0 bridgehead atoms. The van der Waals surface area contributed by atoms with Crippen molar-refractivity contribution >= 4 is 57.2 Å². The molecule has 2 spiro atoms. The summed E-state index contributed by atoms with van der Waals surface area (Å²) in [5.74, 6) is 0. The average molecular weight is 1110 g/mol. The first-order valence-corrected chi connectivity index (χ1v) is 30.8. The number of anilines is 6. The van der Waals surface area contributed by atoms with E-state index in [1.54, 1.807) is 0 Å². The normalized spacial score (nSPS) is 14.7. The van der Waals surface area contributed by atoms with Crippen LogP contribution < -0.4 is 26.2 Å². The summed E-state index contributed by atoms with van der Waals surface area (Å²) in [6.07, 6.45) is 0. The summed E-state index contributed by atoms with van der Waals surface area (Å²) < 4.78 is 0. The van der Waals surface area contributed by atoms with Gasteiger partial charge in [0.05, 0.1) is 10.8 Å². The number of hydrogen-bond acceptors (Lipinski definition) is 2. The molecule has 0 N–H and O–H groups in total. The van der Waals surface area contributed by atoms with Crippen molar-refractivity contribution < 1.29 is 0 Å². The zero-order chi connectivity index (χ0) is 57.5. The predicted molar refractivity (Wildman–Crippen MR) is 363 cm³/mol. The van der Waals surface area contributed by atoms with Crippen LogP contribution in [0.4, 0.5) is 34.1 Å². The molecule has 0 saturated heterocycles. The third kappa shape index (κ3) is 6.35. The van der Waals surface area contributed by atoms with Gasteiger partial charge in [-0.15, -0.1) is 0 Å². The average Bonchev–Trinajstić information content (AvgIpc) is 1.61. The van der Waals surface area contributed by atoms with Gasteiger partial charge in [0.15, 0.2) is 0 Å². The third-order valence-electron chi connectivity index (χ3n) is 20.6. The molecule has 0 atom stereocenters. The lowest BCUT2D eigenvalue weighted by atomic mass is 9.33. The van der Waals surface area contributed by atoms with E-state index < -0.39 is 10.8 Å². The van der Waals surface area contributed by atoms with Crippen LogP contribution in [0.5, 0.6) is 0 Å². The summed E-state index contributed by atoms with van der Waals surface area (Å²) >= 11 is 0.